The first-order chi connectivity index (χ1) is 28.0. The van der Waals surface area contributed by atoms with E-state index in [1.165, 1.54) is 92.3 Å². The molecule has 1 nitrogen and oxygen atoms in total. The van der Waals surface area contributed by atoms with E-state index in [0.29, 0.717) is 0 Å². The zero-order valence-corrected chi connectivity index (χ0v) is 32.7. The maximum atomic E-state index is 2.49. The van der Waals surface area contributed by atoms with Crippen LogP contribution in [0.5, 0.6) is 0 Å². The number of thiophene rings is 1. The fourth-order valence-corrected chi connectivity index (χ4v) is 10.6. The topological polar surface area (TPSA) is 3.24 Å². The summed E-state index contributed by atoms with van der Waals surface area (Å²) in [6.07, 6.45) is 0. The Morgan fingerprint density at radius 3 is 1.74 bits per heavy atom. The second kappa shape index (κ2) is 13.2. The van der Waals surface area contributed by atoms with Crippen molar-refractivity contribution in [2.45, 2.75) is 19.3 Å². The highest BCUT2D eigenvalue weighted by Crippen LogP contribution is 2.54. The predicted molar refractivity (Wildman–Crippen MR) is 245 cm³/mol. The lowest BCUT2D eigenvalue weighted by Gasteiger charge is -2.30. The van der Waals surface area contributed by atoms with Crippen LogP contribution in [0.15, 0.2) is 200 Å². The van der Waals surface area contributed by atoms with Crippen molar-refractivity contribution in [1.29, 1.82) is 0 Å². The van der Waals surface area contributed by atoms with Gasteiger partial charge in [0.05, 0.1) is 5.69 Å². The molecule has 0 aliphatic heterocycles. The first-order valence-electron chi connectivity index (χ1n) is 19.8. The fraction of sp³-hybridized carbons (Fsp3) is 0.0545. The molecular formula is C55H39NS. The molecule has 0 saturated carbocycles. The van der Waals surface area contributed by atoms with E-state index in [2.05, 4.69) is 219 Å². The third kappa shape index (κ3) is 5.44. The zero-order chi connectivity index (χ0) is 38.1. The van der Waals surface area contributed by atoms with Gasteiger partial charge in [-0.2, -0.15) is 0 Å². The maximum absolute atomic E-state index is 2.49. The minimum Gasteiger partial charge on any atom is -0.310 e. The quantitative estimate of drug-likeness (QED) is 0.164. The minimum atomic E-state index is -0.118. The van der Waals surface area contributed by atoms with Crippen molar-refractivity contribution in [3.05, 3.63) is 211 Å². The Hall–Kier alpha value is -6.74. The molecule has 1 aromatic heterocycles. The average molecular weight is 746 g/mol. The Labute approximate surface area is 337 Å². The second-order valence-electron chi connectivity index (χ2n) is 15.7. The van der Waals surface area contributed by atoms with Crippen molar-refractivity contribution in [2.24, 2.45) is 0 Å². The monoisotopic (exact) mass is 745 g/mol. The van der Waals surface area contributed by atoms with Gasteiger partial charge >= 0.3 is 0 Å². The predicted octanol–water partition coefficient (Wildman–Crippen LogP) is 16.0. The number of fused-ring (bicyclic) bond motifs is 8. The number of hydrogen-bond donors (Lipinski definition) is 0. The van der Waals surface area contributed by atoms with Crippen LogP contribution in [-0.4, -0.2) is 0 Å². The molecule has 0 amide bonds. The Morgan fingerprint density at radius 2 is 0.982 bits per heavy atom. The van der Waals surface area contributed by atoms with Gasteiger partial charge in [0.25, 0.3) is 0 Å². The van der Waals surface area contributed by atoms with Crippen molar-refractivity contribution >= 4 is 59.3 Å². The third-order valence-electron chi connectivity index (χ3n) is 12.0. The van der Waals surface area contributed by atoms with Gasteiger partial charge in [-0.3, -0.25) is 0 Å². The lowest BCUT2D eigenvalue weighted by atomic mass is 9.82. The Morgan fingerprint density at radius 1 is 0.386 bits per heavy atom. The Kier molecular flexibility index (Phi) is 7.77. The SMILES string of the molecule is CC1(C)c2ccccc2-c2c(N(c3ccc(-c4cccc5c4sc4c6ccccc6ccc54)cc3)c3cc(-c4ccccc4)cc(-c4ccccc4)c3)cccc21. The lowest BCUT2D eigenvalue weighted by molar-refractivity contribution is 0.660. The van der Waals surface area contributed by atoms with Crippen molar-refractivity contribution < 1.29 is 0 Å². The van der Waals surface area contributed by atoms with Crippen LogP contribution in [0.1, 0.15) is 25.0 Å². The summed E-state index contributed by atoms with van der Waals surface area (Å²) < 4.78 is 2.68. The van der Waals surface area contributed by atoms with Crippen molar-refractivity contribution in [2.75, 3.05) is 4.90 Å². The van der Waals surface area contributed by atoms with Crippen LogP contribution in [-0.2, 0) is 5.41 Å². The highest BCUT2D eigenvalue weighted by atomic mass is 32.1. The van der Waals surface area contributed by atoms with Gasteiger partial charge in [0.2, 0.25) is 0 Å². The van der Waals surface area contributed by atoms with Gasteiger partial charge < -0.3 is 4.90 Å². The molecule has 1 aliphatic carbocycles. The molecule has 0 N–H and O–H groups in total. The lowest BCUT2D eigenvalue weighted by Crippen LogP contribution is -2.16. The molecule has 0 fully saturated rings. The van der Waals surface area contributed by atoms with E-state index in [1.54, 1.807) is 0 Å². The molecule has 1 heterocycles. The van der Waals surface area contributed by atoms with Crippen LogP contribution in [0, 0.1) is 0 Å². The molecular weight excluding hydrogens is 707 g/mol. The van der Waals surface area contributed by atoms with Gasteiger partial charge in [-0.1, -0.05) is 178 Å². The highest BCUT2D eigenvalue weighted by molar-refractivity contribution is 7.27. The molecule has 270 valence electrons. The summed E-state index contributed by atoms with van der Waals surface area (Å²) in [4.78, 5) is 2.49. The summed E-state index contributed by atoms with van der Waals surface area (Å²) >= 11 is 1.91. The number of rotatable bonds is 6. The molecule has 11 rings (SSSR count). The number of hydrogen-bond acceptors (Lipinski definition) is 2. The highest BCUT2D eigenvalue weighted by Gasteiger charge is 2.37. The molecule has 57 heavy (non-hydrogen) atoms. The summed E-state index contributed by atoms with van der Waals surface area (Å²) in [6.45, 7) is 4.73. The first-order valence-corrected chi connectivity index (χ1v) is 20.6. The fourth-order valence-electron chi connectivity index (χ4n) is 9.23. The van der Waals surface area contributed by atoms with Crippen LogP contribution in [0.3, 0.4) is 0 Å². The smallest absolute Gasteiger partial charge is 0.0543 e. The van der Waals surface area contributed by atoms with Crippen LogP contribution >= 0.6 is 11.3 Å². The zero-order valence-electron chi connectivity index (χ0n) is 31.9. The van der Waals surface area contributed by atoms with E-state index in [1.807, 2.05) is 11.3 Å². The number of nitrogens with zero attached hydrogens (tertiary/aromatic N) is 1. The maximum Gasteiger partial charge on any atom is 0.0543 e. The molecule has 0 unspecified atom stereocenters. The summed E-state index contributed by atoms with van der Waals surface area (Å²) in [6, 6.07) is 73.8. The largest absolute Gasteiger partial charge is 0.310 e. The van der Waals surface area contributed by atoms with E-state index >= 15 is 0 Å². The van der Waals surface area contributed by atoms with E-state index in [0.717, 1.165) is 11.4 Å². The second-order valence-corrected chi connectivity index (χ2v) is 16.7. The van der Waals surface area contributed by atoms with Gasteiger partial charge in [0, 0.05) is 42.5 Å². The van der Waals surface area contributed by atoms with Gasteiger partial charge in [-0.05, 0) is 97.2 Å². The summed E-state index contributed by atoms with van der Waals surface area (Å²) in [5.74, 6) is 0. The normalized spacial score (nSPS) is 12.9. The van der Waals surface area contributed by atoms with E-state index in [9.17, 15) is 0 Å². The molecule has 0 atom stereocenters. The van der Waals surface area contributed by atoms with Crippen molar-refractivity contribution in [3.8, 4) is 44.5 Å². The molecule has 10 aromatic rings. The molecule has 2 heteroatoms. The van der Waals surface area contributed by atoms with Crippen LogP contribution in [0.4, 0.5) is 17.1 Å². The number of benzene rings is 9. The molecule has 0 radical (unpaired) electrons. The van der Waals surface area contributed by atoms with Crippen LogP contribution in [0.2, 0.25) is 0 Å². The van der Waals surface area contributed by atoms with E-state index in [-0.39, 0.29) is 5.41 Å². The molecule has 9 aromatic carbocycles. The van der Waals surface area contributed by atoms with Crippen LogP contribution < -0.4 is 4.90 Å². The molecule has 0 bridgehead atoms. The van der Waals surface area contributed by atoms with Gasteiger partial charge in [-0.15, -0.1) is 11.3 Å². The van der Waals surface area contributed by atoms with Crippen LogP contribution in [0.25, 0.3) is 75.5 Å². The van der Waals surface area contributed by atoms with E-state index < -0.39 is 0 Å². The van der Waals surface area contributed by atoms with Gasteiger partial charge in [-0.25, -0.2) is 0 Å². The number of anilines is 3. The van der Waals surface area contributed by atoms with Gasteiger partial charge in [0.1, 0.15) is 0 Å². The molecule has 0 saturated heterocycles. The summed E-state index contributed by atoms with van der Waals surface area (Å²) in [5.41, 5.74) is 15.9. The van der Waals surface area contributed by atoms with Gasteiger partial charge in [0.15, 0.2) is 0 Å². The summed E-state index contributed by atoms with van der Waals surface area (Å²) in [7, 11) is 0. The molecule has 1 aliphatic rings. The average Bonchev–Trinajstić information content (AvgIpc) is 3.77. The summed E-state index contributed by atoms with van der Waals surface area (Å²) in [5, 5.41) is 5.25. The van der Waals surface area contributed by atoms with Crippen molar-refractivity contribution in [1.82, 2.24) is 0 Å². The standard InChI is InChI=1S/C55H39NS/c1-55(2)49-24-12-11-21-48(49)52-50(55)25-14-26-51(52)56(43-34-40(36-15-5-3-6-16-36)33-41(35-43)37-17-7-4-8-18-37)42-30-27-39(28-31-42)45-22-13-23-46-47-32-29-38-19-9-10-20-44(38)54(47)57-53(45)46/h3-35H,1-2H3. The molecule has 0 spiro atoms. The van der Waals surface area contributed by atoms with E-state index in [4.69, 9.17) is 0 Å². The van der Waals surface area contributed by atoms with Crippen molar-refractivity contribution in [3.63, 3.8) is 0 Å². The Bertz CT molecular complexity index is 3080. The first kappa shape index (κ1) is 33.6. The Balaban J connectivity index is 1.13. The minimum absolute atomic E-state index is 0.118. The third-order valence-corrected chi connectivity index (χ3v) is 13.3.